The van der Waals surface area contributed by atoms with E-state index in [4.69, 9.17) is 19.4 Å². The molecule has 1 aliphatic rings. The van der Waals surface area contributed by atoms with Crippen molar-refractivity contribution in [3.8, 4) is 62.1 Å². The van der Waals surface area contributed by atoms with Crippen molar-refractivity contribution in [2.24, 2.45) is 0 Å². The second kappa shape index (κ2) is 12.7. The highest BCUT2D eigenvalue weighted by molar-refractivity contribution is 6.12. The monoisotopic (exact) mass is 756 g/mol. The van der Waals surface area contributed by atoms with Crippen molar-refractivity contribution < 1.29 is 4.42 Å². The maximum Gasteiger partial charge on any atom is 0.164 e. The van der Waals surface area contributed by atoms with Crippen LogP contribution in [0.25, 0.3) is 106 Å². The molecule has 0 aliphatic heterocycles. The number of para-hydroxylation sites is 1. The molecular formula is C54H36N4O. The lowest BCUT2D eigenvalue weighted by Gasteiger charge is -2.21. The summed E-state index contributed by atoms with van der Waals surface area (Å²) < 4.78 is 9.13. The normalized spacial score (nSPS) is 13.1. The van der Waals surface area contributed by atoms with Gasteiger partial charge in [0, 0.05) is 55.4 Å². The lowest BCUT2D eigenvalue weighted by atomic mass is 9.82. The Kier molecular flexibility index (Phi) is 7.20. The summed E-state index contributed by atoms with van der Waals surface area (Å²) in [6, 6.07) is 64.1. The fourth-order valence-electron chi connectivity index (χ4n) is 9.30. The van der Waals surface area contributed by atoms with Crippen LogP contribution in [0.2, 0.25) is 0 Å². The van der Waals surface area contributed by atoms with Crippen LogP contribution >= 0.6 is 0 Å². The van der Waals surface area contributed by atoms with Crippen molar-refractivity contribution in [3.63, 3.8) is 0 Å². The summed E-state index contributed by atoms with van der Waals surface area (Å²) in [5.74, 6) is 1.82. The van der Waals surface area contributed by atoms with Crippen molar-refractivity contribution in [1.82, 2.24) is 19.5 Å². The van der Waals surface area contributed by atoms with Crippen LogP contribution in [0, 0.1) is 0 Å². The smallest absolute Gasteiger partial charge is 0.164 e. The minimum Gasteiger partial charge on any atom is -0.456 e. The molecular weight excluding hydrogens is 721 g/mol. The summed E-state index contributed by atoms with van der Waals surface area (Å²) in [6.45, 7) is 4.68. The van der Waals surface area contributed by atoms with E-state index in [2.05, 4.69) is 164 Å². The number of benzene rings is 8. The van der Waals surface area contributed by atoms with Crippen LogP contribution < -0.4 is 0 Å². The highest BCUT2D eigenvalue weighted by atomic mass is 16.3. The second-order valence-corrected chi connectivity index (χ2v) is 16.1. The average molecular weight is 757 g/mol. The third-order valence-electron chi connectivity index (χ3n) is 12.2. The molecule has 3 aromatic heterocycles. The zero-order chi connectivity index (χ0) is 39.2. The van der Waals surface area contributed by atoms with Gasteiger partial charge in [-0.05, 0) is 81.9 Å². The number of furan rings is 1. The minimum atomic E-state index is -0.102. The maximum absolute atomic E-state index is 6.74. The van der Waals surface area contributed by atoms with Crippen molar-refractivity contribution in [2.45, 2.75) is 19.3 Å². The molecule has 11 aromatic rings. The van der Waals surface area contributed by atoms with E-state index in [0.29, 0.717) is 17.5 Å². The van der Waals surface area contributed by atoms with Gasteiger partial charge in [0.05, 0.1) is 11.0 Å². The van der Waals surface area contributed by atoms with Crippen LogP contribution in [0.4, 0.5) is 0 Å². The summed E-state index contributed by atoms with van der Waals surface area (Å²) in [6.07, 6.45) is 0. The predicted molar refractivity (Wildman–Crippen MR) is 241 cm³/mol. The highest BCUT2D eigenvalue weighted by Gasteiger charge is 2.36. The topological polar surface area (TPSA) is 56.7 Å². The molecule has 0 atom stereocenters. The van der Waals surface area contributed by atoms with Crippen LogP contribution in [-0.2, 0) is 5.41 Å². The van der Waals surface area contributed by atoms with Crippen LogP contribution in [0.1, 0.15) is 25.0 Å². The first-order valence-electron chi connectivity index (χ1n) is 20.1. The molecule has 0 saturated carbocycles. The van der Waals surface area contributed by atoms with Crippen LogP contribution in [0.15, 0.2) is 186 Å². The van der Waals surface area contributed by atoms with Gasteiger partial charge in [0.25, 0.3) is 0 Å². The molecule has 0 N–H and O–H groups in total. The summed E-state index contributed by atoms with van der Waals surface area (Å²) >= 11 is 0. The number of aromatic nitrogens is 4. The molecule has 0 fully saturated rings. The molecule has 0 bridgehead atoms. The molecule has 0 amide bonds. The van der Waals surface area contributed by atoms with Crippen LogP contribution in [0.3, 0.4) is 0 Å². The average Bonchev–Trinajstić information content (AvgIpc) is 3.90. The summed E-state index contributed by atoms with van der Waals surface area (Å²) in [4.78, 5) is 15.1. The number of rotatable bonds is 5. The van der Waals surface area contributed by atoms with Crippen LogP contribution in [-0.4, -0.2) is 19.5 Å². The van der Waals surface area contributed by atoms with Crippen LogP contribution in [0.5, 0.6) is 0 Å². The first-order chi connectivity index (χ1) is 29.0. The molecule has 0 radical (unpaired) electrons. The molecule has 5 heteroatoms. The molecule has 0 unspecified atom stereocenters. The van der Waals surface area contributed by atoms with E-state index in [1.165, 1.54) is 44.1 Å². The van der Waals surface area contributed by atoms with Gasteiger partial charge in [0.2, 0.25) is 0 Å². The summed E-state index contributed by atoms with van der Waals surface area (Å²) in [5, 5.41) is 4.59. The Morgan fingerprint density at radius 2 is 1.00 bits per heavy atom. The Balaban J connectivity index is 0.988. The van der Waals surface area contributed by atoms with Gasteiger partial charge in [0.1, 0.15) is 11.2 Å². The molecule has 12 rings (SSSR count). The van der Waals surface area contributed by atoms with Gasteiger partial charge in [-0.1, -0.05) is 141 Å². The van der Waals surface area contributed by atoms with Crippen molar-refractivity contribution in [1.29, 1.82) is 0 Å². The number of hydrogen-bond donors (Lipinski definition) is 0. The molecule has 5 nitrogen and oxygen atoms in total. The molecule has 0 saturated heterocycles. The Labute approximate surface area is 340 Å². The van der Waals surface area contributed by atoms with E-state index < -0.39 is 0 Å². The van der Waals surface area contributed by atoms with Gasteiger partial charge in [-0.15, -0.1) is 0 Å². The first kappa shape index (κ1) is 33.5. The largest absolute Gasteiger partial charge is 0.456 e. The molecule has 1 aliphatic carbocycles. The van der Waals surface area contributed by atoms with Crippen molar-refractivity contribution in [3.05, 3.63) is 193 Å². The van der Waals surface area contributed by atoms with E-state index in [1.807, 2.05) is 36.4 Å². The van der Waals surface area contributed by atoms with Gasteiger partial charge >= 0.3 is 0 Å². The van der Waals surface area contributed by atoms with Gasteiger partial charge in [0.15, 0.2) is 17.5 Å². The fourth-order valence-corrected chi connectivity index (χ4v) is 9.30. The van der Waals surface area contributed by atoms with Gasteiger partial charge in [-0.3, -0.25) is 0 Å². The molecule has 278 valence electrons. The van der Waals surface area contributed by atoms with Gasteiger partial charge in [-0.25, -0.2) is 15.0 Å². The fraction of sp³-hybridized carbons (Fsp3) is 0.0556. The van der Waals surface area contributed by atoms with E-state index >= 15 is 0 Å². The van der Waals surface area contributed by atoms with Crippen molar-refractivity contribution in [2.75, 3.05) is 0 Å². The lowest BCUT2D eigenvalue weighted by Crippen LogP contribution is -2.14. The van der Waals surface area contributed by atoms with E-state index in [-0.39, 0.29) is 5.41 Å². The third-order valence-corrected chi connectivity index (χ3v) is 12.2. The van der Waals surface area contributed by atoms with E-state index in [9.17, 15) is 0 Å². The second-order valence-electron chi connectivity index (χ2n) is 16.1. The zero-order valence-corrected chi connectivity index (χ0v) is 32.5. The Bertz CT molecular complexity index is 3470. The highest BCUT2D eigenvalue weighted by Crippen LogP contribution is 2.51. The number of nitrogens with zero attached hydrogens (tertiary/aromatic N) is 4. The predicted octanol–water partition coefficient (Wildman–Crippen LogP) is 13.8. The summed E-state index contributed by atoms with van der Waals surface area (Å²) in [7, 11) is 0. The number of fused-ring (bicyclic) bond motifs is 9. The van der Waals surface area contributed by atoms with Gasteiger partial charge < -0.3 is 8.98 Å². The minimum absolute atomic E-state index is 0.102. The SMILES string of the molecule is CC1(C)c2ccccc2-c2cc3c4ccccc4n(-c4ccc5c(c4)oc4cc(-c6nc(-c7ccccc7)nc(-c7cccc(-c8ccccc8)c7)n6)ccc45)c3cc21. The van der Waals surface area contributed by atoms with E-state index in [0.717, 1.165) is 55.4 Å². The molecule has 0 spiro atoms. The molecule has 59 heavy (non-hydrogen) atoms. The zero-order valence-electron chi connectivity index (χ0n) is 32.5. The lowest BCUT2D eigenvalue weighted by molar-refractivity contribution is 0.661. The van der Waals surface area contributed by atoms with E-state index in [1.54, 1.807) is 0 Å². The third kappa shape index (κ3) is 5.21. The molecule has 3 heterocycles. The quantitative estimate of drug-likeness (QED) is 0.175. The molecule has 8 aromatic carbocycles. The van der Waals surface area contributed by atoms with Crippen molar-refractivity contribution >= 4 is 43.7 Å². The van der Waals surface area contributed by atoms with Gasteiger partial charge in [-0.2, -0.15) is 0 Å². The Morgan fingerprint density at radius 1 is 0.390 bits per heavy atom. The summed E-state index contributed by atoms with van der Waals surface area (Å²) in [5.41, 5.74) is 15.3. The maximum atomic E-state index is 6.74. The standard InChI is InChI=1S/C54H36N4O/c1-54(2)45-22-11-9-20-39(45)43-31-44-40-21-10-12-23-47(40)58(48(44)32-46(43)54)38-25-27-42-41-26-24-37(29-49(41)59-50(42)30-38)53-56-51(34-16-7-4-8-17-34)55-52(57-53)36-19-13-18-35(28-36)33-14-5-3-6-15-33/h3-32H,1-2H3. The Morgan fingerprint density at radius 3 is 1.80 bits per heavy atom. The Hall–Kier alpha value is -7.63. The first-order valence-corrected chi connectivity index (χ1v) is 20.1. The number of hydrogen-bond acceptors (Lipinski definition) is 4.